The first-order valence-electron chi connectivity index (χ1n) is 11.4. The Morgan fingerprint density at radius 3 is 2.41 bits per heavy atom. The molecule has 1 heterocycles. The Hall–Kier alpha value is -3.68. The zero-order valence-electron chi connectivity index (χ0n) is 20.1. The topological polar surface area (TPSA) is 79.3 Å². The van der Waals surface area contributed by atoms with Crippen LogP contribution in [0.4, 0.5) is 20.7 Å². The van der Waals surface area contributed by atoms with Gasteiger partial charge >= 0.3 is 6.03 Å². The quantitative estimate of drug-likeness (QED) is 0.456. The van der Waals surface area contributed by atoms with E-state index in [9.17, 15) is 14.0 Å². The lowest BCUT2D eigenvalue weighted by Gasteiger charge is -2.22. The van der Waals surface area contributed by atoms with Crippen LogP contribution in [0.15, 0.2) is 60.7 Å². The summed E-state index contributed by atoms with van der Waals surface area (Å²) in [6.45, 7) is 8.43. The summed E-state index contributed by atoms with van der Waals surface area (Å²) in [5.74, 6) is -0.260. The smallest absolute Gasteiger partial charge is 0.315 e. The minimum absolute atomic E-state index is 0.147. The maximum atomic E-state index is 13.5. The number of aromatic nitrogens is 2. The van der Waals surface area contributed by atoms with E-state index in [-0.39, 0.29) is 17.9 Å². The molecule has 180 valence electrons. The Kier molecular flexibility index (Phi) is 8.04. The monoisotopic (exact) mass is 465 g/mol. The van der Waals surface area contributed by atoms with Crippen molar-refractivity contribution in [3.8, 4) is 5.69 Å². The van der Waals surface area contributed by atoms with Gasteiger partial charge in [-0.1, -0.05) is 58.4 Å². The lowest BCUT2D eigenvalue weighted by atomic mass is 9.92. The number of benzene rings is 2. The predicted molar refractivity (Wildman–Crippen MR) is 133 cm³/mol. The summed E-state index contributed by atoms with van der Waals surface area (Å²) in [7, 11) is 0. The Balaban J connectivity index is 1.78. The fraction of sp³-hybridized carbons (Fsp3) is 0.346. The van der Waals surface area contributed by atoms with Gasteiger partial charge in [0.25, 0.3) is 0 Å². The van der Waals surface area contributed by atoms with E-state index in [1.807, 2.05) is 43.3 Å². The number of rotatable bonds is 8. The first-order chi connectivity index (χ1) is 16.2. The van der Waals surface area contributed by atoms with Crippen molar-refractivity contribution >= 4 is 23.4 Å². The predicted octanol–water partition coefficient (Wildman–Crippen LogP) is 5.58. The average Bonchev–Trinajstić information content (AvgIpc) is 3.21. The van der Waals surface area contributed by atoms with Gasteiger partial charge in [0.05, 0.1) is 11.4 Å². The van der Waals surface area contributed by atoms with Crippen LogP contribution in [0.3, 0.4) is 0 Å². The third-order valence-electron chi connectivity index (χ3n) is 5.23. The van der Waals surface area contributed by atoms with Crippen molar-refractivity contribution < 1.29 is 14.0 Å². The number of hydrogen-bond donors (Lipinski definition) is 2. The van der Waals surface area contributed by atoms with E-state index in [0.29, 0.717) is 18.1 Å². The van der Waals surface area contributed by atoms with E-state index >= 15 is 0 Å². The molecule has 3 amide bonds. The van der Waals surface area contributed by atoms with Gasteiger partial charge in [-0.25, -0.2) is 13.9 Å². The standard InChI is InChI=1S/C26H32FN5O2/c1-5-6-15-31(25(34)28-20-12-10-11-19(27)16-20)18-24(33)29-23-17-22(26(2,3)4)30-32(23)21-13-8-7-9-14-21/h7-14,16-17H,5-6,15,18H2,1-4H3,(H,28,34)(H,29,33). The average molecular weight is 466 g/mol. The van der Waals surface area contributed by atoms with Crippen LogP contribution in [0, 0.1) is 5.82 Å². The highest BCUT2D eigenvalue weighted by Crippen LogP contribution is 2.26. The van der Waals surface area contributed by atoms with E-state index < -0.39 is 11.8 Å². The molecule has 0 radical (unpaired) electrons. The molecule has 0 aliphatic rings. The van der Waals surface area contributed by atoms with Gasteiger partial charge in [-0.3, -0.25) is 4.79 Å². The molecular formula is C26H32FN5O2. The van der Waals surface area contributed by atoms with Crippen molar-refractivity contribution in [1.29, 1.82) is 0 Å². The highest BCUT2D eigenvalue weighted by Gasteiger charge is 2.23. The van der Waals surface area contributed by atoms with Crippen molar-refractivity contribution in [2.24, 2.45) is 0 Å². The van der Waals surface area contributed by atoms with Gasteiger partial charge in [0.2, 0.25) is 5.91 Å². The molecule has 0 spiro atoms. The van der Waals surface area contributed by atoms with Crippen molar-refractivity contribution in [1.82, 2.24) is 14.7 Å². The summed E-state index contributed by atoms with van der Waals surface area (Å²) in [6, 6.07) is 16.6. The van der Waals surface area contributed by atoms with Gasteiger partial charge in [-0.2, -0.15) is 5.10 Å². The summed E-state index contributed by atoms with van der Waals surface area (Å²) in [5, 5.41) is 10.3. The molecule has 3 aromatic rings. The van der Waals surface area contributed by atoms with Gasteiger partial charge in [0, 0.05) is 23.7 Å². The molecule has 0 unspecified atom stereocenters. The van der Waals surface area contributed by atoms with Gasteiger partial charge in [0.1, 0.15) is 18.2 Å². The molecule has 0 aliphatic carbocycles. The number of carbonyl (C=O) groups is 2. The summed E-state index contributed by atoms with van der Waals surface area (Å²) < 4.78 is 15.2. The Bertz CT molecular complexity index is 1120. The van der Waals surface area contributed by atoms with Crippen LogP contribution in [-0.4, -0.2) is 39.7 Å². The second-order valence-corrected chi connectivity index (χ2v) is 9.18. The summed E-state index contributed by atoms with van der Waals surface area (Å²) in [6.07, 6.45) is 1.60. The van der Waals surface area contributed by atoms with E-state index in [1.165, 1.54) is 23.1 Å². The number of urea groups is 1. The number of anilines is 2. The maximum Gasteiger partial charge on any atom is 0.322 e. The third kappa shape index (κ3) is 6.66. The number of nitrogens with one attached hydrogen (secondary N) is 2. The van der Waals surface area contributed by atoms with Crippen LogP contribution >= 0.6 is 0 Å². The number of amides is 3. The second kappa shape index (κ2) is 11.0. The molecule has 1 aromatic heterocycles. The largest absolute Gasteiger partial charge is 0.322 e. The van der Waals surface area contributed by atoms with Crippen LogP contribution in [0.5, 0.6) is 0 Å². The van der Waals surface area contributed by atoms with Crippen molar-refractivity contribution in [2.45, 2.75) is 46.0 Å². The van der Waals surface area contributed by atoms with Crippen LogP contribution in [0.25, 0.3) is 5.69 Å². The normalized spacial score (nSPS) is 11.2. The fourth-order valence-corrected chi connectivity index (χ4v) is 3.33. The third-order valence-corrected chi connectivity index (χ3v) is 5.23. The van der Waals surface area contributed by atoms with Crippen LogP contribution in [-0.2, 0) is 10.2 Å². The molecule has 2 N–H and O–H groups in total. The van der Waals surface area contributed by atoms with E-state index in [1.54, 1.807) is 10.7 Å². The highest BCUT2D eigenvalue weighted by atomic mass is 19.1. The molecule has 0 saturated carbocycles. The molecule has 7 nitrogen and oxygen atoms in total. The van der Waals surface area contributed by atoms with Gasteiger partial charge in [0.15, 0.2) is 0 Å². The number of unbranched alkanes of at least 4 members (excludes halogenated alkanes) is 1. The lowest BCUT2D eigenvalue weighted by Crippen LogP contribution is -2.41. The minimum atomic E-state index is -0.457. The second-order valence-electron chi connectivity index (χ2n) is 9.18. The zero-order valence-corrected chi connectivity index (χ0v) is 20.1. The first-order valence-corrected chi connectivity index (χ1v) is 11.4. The number of hydrogen-bond acceptors (Lipinski definition) is 3. The first kappa shape index (κ1) is 25.0. The Morgan fingerprint density at radius 2 is 1.76 bits per heavy atom. The molecule has 0 aliphatic heterocycles. The molecule has 8 heteroatoms. The van der Waals surface area contributed by atoms with Crippen molar-refractivity contribution in [3.63, 3.8) is 0 Å². The molecule has 0 atom stereocenters. The molecule has 3 rings (SSSR count). The summed E-state index contributed by atoms with van der Waals surface area (Å²) >= 11 is 0. The number of nitrogens with zero attached hydrogens (tertiary/aromatic N) is 3. The van der Waals surface area contributed by atoms with Gasteiger partial charge in [-0.15, -0.1) is 0 Å². The highest BCUT2D eigenvalue weighted by molar-refractivity contribution is 5.96. The number of carbonyl (C=O) groups excluding carboxylic acids is 2. The van der Waals surface area contributed by atoms with Crippen LogP contribution < -0.4 is 10.6 Å². The zero-order chi connectivity index (χ0) is 24.7. The van der Waals surface area contributed by atoms with Gasteiger partial charge < -0.3 is 15.5 Å². The SMILES string of the molecule is CCCCN(CC(=O)Nc1cc(C(C)(C)C)nn1-c1ccccc1)C(=O)Nc1cccc(F)c1. The number of para-hydroxylation sites is 1. The van der Waals surface area contributed by atoms with E-state index in [0.717, 1.165) is 24.2 Å². The Labute approximate surface area is 200 Å². The lowest BCUT2D eigenvalue weighted by molar-refractivity contribution is -0.116. The maximum absolute atomic E-state index is 13.5. The Morgan fingerprint density at radius 1 is 1.03 bits per heavy atom. The van der Waals surface area contributed by atoms with E-state index in [2.05, 4.69) is 31.4 Å². The summed E-state index contributed by atoms with van der Waals surface area (Å²) in [4.78, 5) is 27.3. The van der Waals surface area contributed by atoms with Crippen LogP contribution in [0.1, 0.15) is 46.2 Å². The molecule has 34 heavy (non-hydrogen) atoms. The number of halogens is 1. The molecule has 0 saturated heterocycles. The minimum Gasteiger partial charge on any atom is -0.315 e. The van der Waals surface area contributed by atoms with Crippen molar-refractivity contribution in [2.75, 3.05) is 23.7 Å². The van der Waals surface area contributed by atoms with Gasteiger partial charge in [-0.05, 0) is 36.8 Å². The van der Waals surface area contributed by atoms with E-state index in [4.69, 9.17) is 5.10 Å². The molecular weight excluding hydrogens is 433 g/mol. The molecule has 0 bridgehead atoms. The van der Waals surface area contributed by atoms with Crippen LogP contribution in [0.2, 0.25) is 0 Å². The molecule has 2 aromatic carbocycles. The molecule has 0 fully saturated rings. The van der Waals surface area contributed by atoms with Crippen molar-refractivity contribution in [3.05, 3.63) is 72.2 Å². The summed E-state index contributed by atoms with van der Waals surface area (Å²) in [5.41, 5.74) is 1.78. The fourth-order valence-electron chi connectivity index (χ4n) is 3.33.